The largest absolute Gasteiger partial charge is 0.396 e. The molecule has 0 saturated carbocycles. The zero-order valence-electron chi connectivity index (χ0n) is 11.7. The van der Waals surface area contributed by atoms with Crippen molar-refractivity contribution in [3.8, 4) is 0 Å². The number of benzene rings is 2. The molecule has 2 aromatic rings. The Bertz CT molecular complexity index is 742. The molecule has 0 aliphatic heterocycles. The first-order valence-corrected chi connectivity index (χ1v) is 8.32. The SMILES string of the molecule is CS(=O)(=O)c1cccc(NCc2cccc(CO)c2)c1N. The van der Waals surface area contributed by atoms with Crippen LogP contribution in [0.25, 0.3) is 0 Å². The van der Waals surface area contributed by atoms with E-state index in [2.05, 4.69) is 5.32 Å². The predicted molar refractivity (Wildman–Crippen MR) is 83.7 cm³/mol. The molecule has 0 unspecified atom stereocenters. The van der Waals surface area contributed by atoms with Gasteiger partial charge < -0.3 is 16.2 Å². The second kappa shape index (κ2) is 6.15. The summed E-state index contributed by atoms with van der Waals surface area (Å²) in [7, 11) is -3.35. The number of aliphatic hydroxyl groups excluding tert-OH is 1. The molecule has 0 atom stereocenters. The molecule has 21 heavy (non-hydrogen) atoms. The predicted octanol–water partition coefficient (Wildman–Crippen LogP) is 1.78. The van der Waals surface area contributed by atoms with E-state index < -0.39 is 9.84 Å². The highest BCUT2D eigenvalue weighted by Crippen LogP contribution is 2.27. The Balaban J connectivity index is 2.21. The van der Waals surface area contributed by atoms with Crippen LogP contribution in [0.4, 0.5) is 11.4 Å². The van der Waals surface area contributed by atoms with Crippen molar-refractivity contribution in [1.82, 2.24) is 0 Å². The lowest BCUT2D eigenvalue weighted by Crippen LogP contribution is -2.07. The second-order valence-electron chi connectivity index (χ2n) is 4.82. The maximum Gasteiger partial charge on any atom is 0.177 e. The molecule has 0 amide bonds. The molecular formula is C15H18N2O3S. The molecule has 112 valence electrons. The van der Waals surface area contributed by atoms with E-state index in [1.165, 1.54) is 6.07 Å². The van der Waals surface area contributed by atoms with E-state index in [1.54, 1.807) is 12.1 Å². The third-order valence-electron chi connectivity index (χ3n) is 3.12. The lowest BCUT2D eigenvalue weighted by Gasteiger charge is -2.12. The van der Waals surface area contributed by atoms with Crippen LogP contribution in [0.2, 0.25) is 0 Å². The van der Waals surface area contributed by atoms with E-state index in [0.29, 0.717) is 12.2 Å². The fourth-order valence-corrected chi connectivity index (χ4v) is 2.89. The molecule has 0 spiro atoms. The minimum atomic E-state index is -3.35. The number of rotatable bonds is 5. The number of hydrogen-bond donors (Lipinski definition) is 3. The Kier molecular flexibility index (Phi) is 4.50. The second-order valence-corrected chi connectivity index (χ2v) is 6.81. The number of hydrogen-bond acceptors (Lipinski definition) is 5. The van der Waals surface area contributed by atoms with E-state index in [0.717, 1.165) is 17.4 Å². The van der Waals surface area contributed by atoms with E-state index in [-0.39, 0.29) is 17.2 Å². The molecule has 0 aromatic heterocycles. The number of anilines is 2. The molecule has 4 N–H and O–H groups in total. The topological polar surface area (TPSA) is 92.4 Å². The van der Waals surface area contributed by atoms with Gasteiger partial charge in [0.25, 0.3) is 0 Å². The Morgan fingerprint density at radius 1 is 1.14 bits per heavy atom. The van der Waals surface area contributed by atoms with Crippen LogP contribution < -0.4 is 11.1 Å². The molecule has 0 bridgehead atoms. The quantitative estimate of drug-likeness (QED) is 0.732. The first-order valence-electron chi connectivity index (χ1n) is 6.43. The smallest absolute Gasteiger partial charge is 0.177 e. The third-order valence-corrected chi connectivity index (χ3v) is 4.28. The van der Waals surface area contributed by atoms with E-state index in [1.807, 2.05) is 24.3 Å². The number of nitrogens with two attached hydrogens (primary N) is 1. The Morgan fingerprint density at radius 3 is 2.48 bits per heavy atom. The average Bonchev–Trinajstić information content (AvgIpc) is 2.45. The van der Waals surface area contributed by atoms with Crippen LogP contribution in [0, 0.1) is 0 Å². The van der Waals surface area contributed by atoms with Gasteiger partial charge in [0.15, 0.2) is 9.84 Å². The van der Waals surface area contributed by atoms with Crippen molar-refractivity contribution in [1.29, 1.82) is 0 Å². The number of sulfone groups is 1. The van der Waals surface area contributed by atoms with E-state index >= 15 is 0 Å². The maximum absolute atomic E-state index is 11.6. The van der Waals surface area contributed by atoms with Gasteiger partial charge in [-0.05, 0) is 23.3 Å². The molecule has 5 nitrogen and oxygen atoms in total. The van der Waals surface area contributed by atoms with Crippen LogP contribution in [0.5, 0.6) is 0 Å². The Morgan fingerprint density at radius 2 is 1.81 bits per heavy atom. The zero-order valence-corrected chi connectivity index (χ0v) is 12.5. The summed E-state index contributed by atoms with van der Waals surface area (Å²) in [4.78, 5) is 0.122. The van der Waals surface area contributed by atoms with Gasteiger partial charge in [-0.15, -0.1) is 0 Å². The number of nitrogen functional groups attached to an aromatic ring is 1. The molecule has 2 rings (SSSR count). The van der Waals surface area contributed by atoms with Gasteiger partial charge in [0.2, 0.25) is 0 Å². The van der Waals surface area contributed by atoms with Crippen LogP contribution in [-0.2, 0) is 23.0 Å². The summed E-state index contributed by atoms with van der Waals surface area (Å²) in [5.41, 5.74) is 8.51. The lowest BCUT2D eigenvalue weighted by molar-refractivity contribution is 0.281. The van der Waals surface area contributed by atoms with Gasteiger partial charge in [0.05, 0.1) is 22.9 Å². The average molecular weight is 306 g/mol. The Hall–Kier alpha value is -2.05. The monoisotopic (exact) mass is 306 g/mol. The highest BCUT2D eigenvalue weighted by Gasteiger charge is 2.13. The number of para-hydroxylation sites is 1. The van der Waals surface area contributed by atoms with Gasteiger partial charge in [-0.1, -0.05) is 30.3 Å². The molecule has 0 fully saturated rings. The molecule has 0 radical (unpaired) electrons. The van der Waals surface area contributed by atoms with Crippen LogP contribution in [-0.4, -0.2) is 19.8 Å². The summed E-state index contributed by atoms with van der Waals surface area (Å²) >= 11 is 0. The first kappa shape index (κ1) is 15.3. The molecule has 6 heteroatoms. The van der Waals surface area contributed by atoms with Crippen LogP contribution in [0.1, 0.15) is 11.1 Å². The summed E-state index contributed by atoms with van der Waals surface area (Å²) in [5, 5.41) is 12.2. The molecule has 2 aromatic carbocycles. The van der Waals surface area contributed by atoms with E-state index in [4.69, 9.17) is 10.8 Å². The van der Waals surface area contributed by atoms with Crippen molar-refractivity contribution in [2.45, 2.75) is 18.0 Å². The van der Waals surface area contributed by atoms with Gasteiger partial charge in [-0.3, -0.25) is 0 Å². The fraction of sp³-hybridized carbons (Fsp3) is 0.200. The fourth-order valence-electron chi connectivity index (χ4n) is 2.06. The number of nitrogens with one attached hydrogen (secondary N) is 1. The lowest BCUT2D eigenvalue weighted by atomic mass is 10.1. The van der Waals surface area contributed by atoms with Crippen molar-refractivity contribution in [3.05, 3.63) is 53.6 Å². The minimum absolute atomic E-state index is 0.0143. The van der Waals surface area contributed by atoms with Gasteiger partial charge in [0.1, 0.15) is 0 Å². The van der Waals surface area contributed by atoms with Crippen molar-refractivity contribution in [3.63, 3.8) is 0 Å². The molecule has 0 saturated heterocycles. The standard InChI is InChI=1S/C15H18N2O3S/c1-21(19,20)14-7-3-6-13(15(14)16)17-9-11-4-2-5-12(8-11)10-18/h2-8,17-18H,9-10,16H2,1H3. The van der Waals surface area contributed by atoms with Gasteiger partial charge in [-0.2, -0.15) is 0 Å². The highest BCUT2D eigenvalue weighted by molar-refractivity contribution is 7.90. The summed E-state index contributed by atoms with van der Waals surface area (Å²) < 4.78 is 23.3. The van der Waals surface area contributed by atoms with Crippen LogP contribution >= 0.6 is 0 Å². The van der Waals surface area contributed by atoms with E-state index in [9.17, 15) is 8.42 Å². The van der Waals surface area contributed by atoms with Crippen molar-refractivity contribution in [2.24, 2.45) is 0 Å². The molecule has 0 aliphatic carbocycles. The third kappa shape index (κ3) is 3.74. The van der Waals surface area contributed by atoms with Crippen molar-refractivity contribution >= 4 is 21.2 Å². The number of aliphatic hydroxyl groups is 1. The summed E-state index contributed by atoms with van der Waals surface area (Å²) in [6, 6.07) is 12.4. The van der Waals surface area contributed by atoms with Crippen LogP contribution in [0.3, 0.4) is 0 Å². The molecule has 0 heterocycles. The van der Waals surface area contributed by atoms with Gasteiger partial charge >= 0.3 is 0 Å². The summed E-state index contributed by atoms with van der Waals surface area (Å²) in [6.07, 6.45) is 1.13. The van der Waals surface area contributed by atoms with Gasteiger partial charge in [0, 0.05) is 12.8 Å². The summed E-state index contributed by atoms with van der Waals surface area (Å²) in [5.74, 6) is 0. The van der Waals surface area contributed by atoms with Crippen LogP contribution in [0.15, 0.2) is 47.4 Å². The molecular weight excluding hydrogens is 288 g/mol. The first-order chi connectivity index (χ1) is 9.91. The zero-order chi connectivity index (χ0) is 15.5. The molecule has 0 aliphatic rings. The van der Waals surface area contributed by atoms with Crippen molar-refractivity contribution in [2.75, 3.05) is 17.3 Å². The maximum atomic E-state index is 11.6. The van der Waals surface area contributed by atoms with Crippen molar-refractivity contribution < 1.29 is 13.5 Å². The highest BCUT2D eigenvalue weighted by atomic mass is 32.2. The summed E-state index contributed by atoms with van der Waals surface area (Å²) in [6.45, 7) is 0.477. The minimum Gasteiger partial charge on any atom is -0.396 e. The Labute approximate surface area is 124 Å². The van der Waals surface area contributed by atoms with Gasteiger partial charge in [-0.25, -0.2) is 8.42 Å². The normalized spacial score (nSPS) is 11.3.